The third kappa shape index (κ3) is 5.92. The van der Waals surface area contributed by atoms with Crippen molar-refractivity contribution in [2.45, 2.75) is 11.6 Å². The molecule has 1 aromatic heterocycles. The van der Waals surface area contributed by atoms with Crippen molar-refractivity contribution in [3.63, 3.8) is 0 Å². The summed E-state index contributed by atoms with van der Waals surface area (Å²) in [5.41, 5.74) is 3.08. The Bertz CT molecular complexity index is 1360. The summed E-state index contributed by atoms with van der Waals surface area (Å²) in [6, 6.07) is 25.8. The van der Waals surface area contributed by atoms with Crippen LogP contribution < -0.4 is 9.64 Å². The van der Waals surface area contributed by atoms with Gasteiger partial charge in [-0.2, -0.15) is 0 Å². The van der Waals surface area contributed by atoms with Gasteiger partial charge in [0, 0.05) is 37.6 Å². The number of hydrogen-bond donors (Lipinski definition) is 0. The molecule has 1 aliphatic rings. The molecule has 9 heteroatoms. The molecule has 7 nitrogen and oxygen atoms in total. The van der Waals surface area contributed by atoms with E-state index in [0.717, 1.165) is 41.6 Å². The number of benzene rings is 3. The topological polar surface area (TPSA) is 63.5 Å². The largest absolute Gasteiger partial charge is 0.495 e. The molecule has 0 bridgehead atoms. The van der Waals surface area contributed by atoms with Gasteiger partial charge in [0.05, 0.1) is 24.2 Å². The van der Waals surface area contributed by atoms with Crippen LogP contribution in [0.1, 0.15) is 11.4 Å². The highest BCUT2D eigenvalue weighted by Gasteiger charge is 2.24. The summed E-state index contributed by atoms with van der Waals surface area (Å²) in [5, 5.41) is 10.2. The molecule has 0 radical (unpaired) electrons. The van der Waals surface area contributed by atoms with Crippen LogP contribution in [0.2, 0.25) is 5.02 Å². The second-order valence-electron chi connectivity index (χ2n) is 8.70. The van der Waals surface area contributed by atoms with Crippen molar-refractivity contribution in [2.75, 3.05) is 43.9 Å². The summed E-state index contributed by atoms with van der Waals surface area (Å²) in [4.78, 5) is 17.3. The van der Waals surface area contributed by atoms with Gasteiger partial charge in [-0.1, -0.05) is 71.9 Å². The number of piperazine rings is 1. The van der Waals surface area contributed by atoms with Crippen molar-refractivity contribution in [3.8, 4) is 11.4 Å². The van der Waals surface area contributed by atoms with E-state index >= 15 is 0 Å². The van der Waals surface area contributed by atoms with E-state index < -0.39 is 0 Å². The minimum atomic E-state index is 0.0925. The van der Waals surface area contributed by atoms with E-state index in [-0.39, 0.29) is 5.91 Å². The van der Waals surface area contributed by atoms with E-state index in [1.54, 1.807) is 7.11 Å². The molecule has 2 heterocycles. The molecule has 190 valence electrons. The fourth-order valence-corrected chi connectivity index (χ4v) is 5.52. The molecule has 5 rings (SSSR count). The average molecular weight is 534 g/mol. The van der Waals surface area contributed by atoms with Crippen LogP contribution in [0.4, 0.5) is 5.69 Å². The van der Waals surface area contributed by atoms with Gasteiger partial charge in [-0.15, -0.1) is 10.2 Å². The number of nitrogens with zero attached hydrogens (tertiary/aromatic N) is 5. The zero-order valence-corrected chi connectivity index (χ0v) is 22.2. The molecule has 0 saturated carbocycles. The van der Waals surface area contributed by atoms with Crippen LogP contribution in [-0.2, 0) is 11.2 Å². The number of carbonyl (C=O) groups excluding carboxylic acids is 1. The maximum atomic E-state index is 13.1. The number of rotatable bonds is 8. The molecule has 0 spiro atoms. The molecule has 0 atom stereocenters. The SMILES string of the molecule is COc1ccccc1N1CCN(C(=O)CSc2nnc(Cc3ccccc3)n2-c2cccc(Cl)c2)CC1. The van der Waals surface area contributed by atoms with Gasteiger partial charge in [0.25, 0.3) is 0 Å². The van der Waals surface area contributed by atoms with Crippen molar-refractivity contribution >= 4 is 35.0 Å². The minimum absolute atomic E-state index is 0.0925. The Kier molecular flexibility index (Phi) is 7.96. The number of anilines is 1. The summed E-state index contributed by atoms with van der Waals surface area (Å²) in [7, 11) is 1.68. The number of carbonyl (C=O) groups is 1. The standard InChI is InChI=1S/C28H28ClN5O2S/c1-36-25-13-6-5-12-24(25)32-14-16-33(17-15-32)27(35)20-37-28-31-30-26(18-21-8-3-2-4-9-21)34(28)23-11-7-10-22(29)19-23/h2-13,19H,14-18,20H2,1H3. The van der Waals surface area contributed by atoms with Crippen LogP contribution in [0.5, 0.6) is 5.75 Å². The van der Waals surface area contributed by atoms with Gasteiger partial charge < -0.3 is 14.5 Å². The van der Waals surface area contributed by atoms with Gasteiger partial charge in [-0.25, -0.2) is 0 Å². The molecule has 1 saturated heterocycles. The average Bonchev–Trinajstić information content (AvgIpc) is 3.34. The lowest BCUT2D eigenvalue weighted by atomic mass is 10.1. The van der Waals surface area contributed by atoms with Crippen LogP contribution in [0.3, 0.4) is 0 Å². The minimum Gasteiger partial charge on any atom is -0.495 e. The highest BCUT2D eigenvalue weighted by Crippen LogP contribution is 2.29. The van der Waals surface area contributed by atoms with E-state index in [1.807, 2.05) is 70.1 Å². The lowest BCUT2D eigenvalue weighted by Crippen LogP contribution is -2.49. The number of amides is 1. The first-order valence-corrected chi connectivity index (χ1v) is 13.5. The summed E-state index contributed by atoms with van der Waals surface area (Å²) in [5.74, 6) is 2.03. The lowest BCUT2D eigenvalue weighted by molar-refractivity contribution is -0.128. The van der Waals surface area contributed by atoms with Gasteiger partial charge in [0.1, 0.15) is 11.6 Å². The van der Waals surface area contributed by atoms with Crippen molar-refractivity contribution in [2.24, 2.45) is 0 Å². The highest BCUT2D eigenvalue weighted by atomic mass is 35.5. The molecule has 3 aromatic carbocycles. The Morgan fingerprint density at radius 1 is 0.946 bits per heavy atom. The van der Waals surface area contributed by atoms with Crippen molar-refractivity contribution < 1.29 is 9.53 Å². The van der Waals surface area contributed by atoms with Crippen molar-refractivity contribution in [1.82, 2.24) is 19.7 Å². The number of aromatic nitrogens is 3. The first-order valence-electron chi connectivity index (χ1n) is 12.1. The zero-order chi connectivity index (χ0) is 25.6. The lowest BCUT2D eigenvalue weighted by Gasteiger charge is -2.36. The second-order valence-corrected chi connectivity index (χ2v) is 10.1. The maximum Gasteiger partial charge on any atom is 0.233 e. The molecular weight excluding hydrogens is 506 g/mol. The molecule has 1 amide bonds. The maximum absolute atomic E-state index is 13.1. The van der Waals surface area contributed by atoms with E-state index in [1.165, 1.54) is 11.8 Å². The van der Waals surface area contributed by atoms with Crippen LogP contribution in [0, 0.1) is 0 Å². The highest BCUT2D eigenvalue weighted by molar-refractivity contribution is 7.99. The second kappa shape index (κ2) is 11.7. The molecule has 4 aromatic rings. The van der Waals surface area contributed by atoms with E-state index in [0.29, 0.717) is 35.4 Å². The van der Waals surface area contributed by atoms with Crippen molar-refractivity contribution in [1.29, 1.82) is 0 Å². The quantitative estimate of drug-likeness (QED) is 0.298. The third-order valence-electron chi connectivity index (χ3n) is 6.35. The molecule has 1 fully saturated rings. The Hall–Kier alpha value is -3.49. The first kappa shape index (κ1) is 25.2. The fourth-order valence-electron chi connectivity index (χ4n) is 4.47. The zero-order valence-electron chi connectivity index (χ0n) is 20.6. The number of hydrogen-bond acceptors (Lipinski definition) is 6. The Morgan fingerprint density at radius 2 is 1.70 bits per heavy atom. The Balaban J connectivity index is 1.27. The number of thioether (sulfide) groups is 1. The van der Waals surface area contributed by atoms with E-state index in [2.05, 4.69) is 33.3 Å². The van der Waals surface area contributed by atoms with Crippen LogP contribution >= 0.6 is 23.4 Å². The number of methoxy groups -OCH3 is 1. The predicted molar refractivity (Wildman–Crippen MR) is 148 cm³/mol. The number of ether oxygens (including phenoxy) is 1. The Labute approximate surface area is 226 Å². The van der Waals surface area contributed by atoms with Crippen molar-refractivity contribution in [3.05, 3.63) is 95.3 Å². The summed E-state index contributed by atoms with van der Waals surface area (Å²) >= 11 is 7.70. The van der Waals surface area contributed by atoms with Crippen LogP contribution in [-0.4, -0.2) is 64.6 Å². The summed E-state index contributed by atoms with van der Waals surface area (Å²) in [6.07, 6.45) is 0.625. The monoisotopic (exact) mass is 533 g/mol. The molecule has 37 heavy (non-hydrogen) atoms. The van der Waals surface area contributed by atoms with Gasteiger partial charge in [-0.3, -0.25) is 9.36 Å². The first-order chi connectivity index (χ1) is 18.1. The molecule has 1 aliphatic heterocycles. The number of para-hydroxylation sites is 2. The van der Waals surface area contributed by atoms with Crippen LogP contribution in [0.25, 0.3) is 5.69 Å². The van der Waals surface area contributed by atoms with Gasteiger partial charge in [-0.05, 0) is 35.9 Å². The smallest absolute Gasteiger partial charge is 0.233 e. The van der Waals surface area contributed by atoms with E-state index in [9.17, 15) is 4.79 Å². The molecular formula is C28H28ClN5O2S. The van der Waals surface area contributed by atoms with E-state index in [4.69, 9.17) is 16.3 Å². The normalized spacial score (nSPS) is 13.6. The Morgan fingerprint density at radius 3 is 2.46 bits per heavy atom. The third-order valence-corrected chi connectivity index (χ3v) is 7.50. The predicted octanol–water partition coefficient (Wildman–Crippen LogP) is 4.96. The number of halogens is 1. The fraction of sp³-hybridized carbons (Fsp3) is 0.250. The molecule has 0 N–H and O–H groups in total. The van der Waals surface area contributed by atoms with Crippen LogP contribution in [0.15, 0.2) is 84.0 Å². The summed E-state index contributed by atoms with van der Waals surface area (Å²) in [6.45, 7) is 2.85. The van der Waals surface area contributed by atoms with Gasteiger partial charge in [0.15, 0.2) is 5.16 Å². The molecule has 0 aliphatic carbocycles. The van der Waals surface area contributed by atoms with Gasteiger partial charge >= 0.3 is 0 Å². The molecule has 0 unspecified atom stereocenters. The van der Waals surface area contributed by atoms with Gasteiger partial charge in [0.2, 0.25) is 5.91 Å². The summed E-state index contributed by atoms with van der Waals surface area (Å²) < 4.78 is 7.50.